The molecule has 0 spiro atoms. The molecule has 118 valence electrons. The van der Waals surface area contributed by atoms with E-state index in [4.69, 9.17) is 5.73 Å². The van der Waals surface area contributed by atoms with Crippen LogP contribution in [0.1, 0.15) is 32.3 Å². The molecule has 0 radical (unpaired) electrons. The van der Waals surface area contributed by atoms with Crippen molar-refractivity contribution in [3.63, 3.8) is 0 Å². The smallest absolute Gasteiger partial charge is 0.138 e. The van der Waals surface area contributed by atoms with E-state index >= 15 is 0 Å². The fraction of sp³-hybridized carbons (Fsp3) is 0.263. The van der Waals surface area contributed by atoms with Crippen molar-refractivity contribution in [1.82, 2.24) is 9.97 Å². The van der Waals surface area contributed by atoms with Gasteiger partial charge in [-0.3, -0.25) is 4.99 Å². The summed E-state index contributed by atoms with van der Waals surface area (Å²) in [4.78, 5) is 12.5. The zero-order valence-electron chi connectivity index (χ0n) is 13.6. The number of nitrogens with one attached hydrogen (secondary N) is 1. The first kappa shape index (κ1) is 15.3. The summed E-state index contributed by atoms with van der Waals surface area (Å²) in [6.07, 6.45) is 4.97. The van der Waals surface area contributed by atoms with E-state index in [2.05, 4.69) is 53.1 Å². The van der Waals surface area contributed by atoms with Gasteiger partial charge in [0.05, 0.1) is 22.4 Å². The number of H-pyrrole nitrogens is 1. The summed E-state index contributed by atoms with van der Waals surface area (Å²) in [6, 6.07) is 12.4. The summed E-state index contributed by atoms with van der Waals surface area (Å²) in [5.74, 6) is 0.869. The number of nitrogen functional groups attached to an aromatic ring is 1. The van der Waals surface area contributed by atoms with Gasteiger partial charge in [-0.15, -0.1) is 0 Å². The van der Waals surface area contributed by atoms with Gasteiger partial charge in [-0.2, -0.15) is 0 Å². The Morgan fingerprint density at radius 3 is 2.87 bits per heavy atom. The molecule has 0 unspecified atom stereocenters. The van der Waals surface area contributed by atoms with Crippen molar-refractivity contribution in [2.45, 2.75) is 33.1 Å². The van der Waals surface area contributed by atoms with Gasteiger partial charge in [-0.05, 0) is 36.6 Å². The highest BCUT2D eigenvalue weighted by atomic mass is 14.9. The number of fused-ring (bicyclic) bond motifs is 1. The summed E-state index contributed by atoms with van der Waals surface area (Å²) in [5, 5.41) is 0. The lowest BCUT2D eigenvalue weighted by atomic mass is 10.1. The first-order valence-corrected chi connectivity index (χ1v) is 8.12. The van der Waals surface area contributed by atoms with E-state index < -0.39 is 0 Å². The molecule has 0 atom stereocenters. The predicted molar refractivity (Wildman–Crippen MR) is 98.4 cm³/mol. The average Bonchev–Trinajstić information content (AvgIpc) is 2.96. The molecule has 0 amide bonds. The highest BCUT2D eigenvalue weighted by Gasteiger charge is 2.08. The lowest BCUT2D eigenvalue weighted by Gasteiger charge is -2.01. The van der Waals surface area contributed by atoms with Gasteiger partial charge >= 0.3 is 0 Å². The van der Waals surface area contributed by atoms with Gasteiger partial charge in [0.15, 0.2) is 0 Å². The molecule has 0 saturated carbocycles. The van der Waals surface area contributed by atoms with Crippen LogP contribution in [0.15, 0.2) is 41.4 Å². The number of rotatable bonds is 5. The molecule has 23 heavy (non-hydrogen) atoms. The second-order valence-corrected chi connectivity index (χ2v) is 5.68. The number of nitrogens with two attached hydrogens (primary N) is 1. The summed E-state index contributed by atoms with van der Waals surface area (Å²) in [6.45, 7) is 4.24. The molecule has 3 aromatic rings. The first-order chi connectivity index (χ1) is 11.2. The van der Waals surface area contributed by atoms with Gasteiger partial charge in [-0.1, -0.05) is 38.5 Å². The number of aromatic nitrogens is 2. The maximum atomic E-state index is 6.07. The predicted octanol–water partition coefficient (Wildman–Crippen LogP) is 4.88. The van der Waals surface area contributed by atoms with Crippen molar-refractivity contribution in [2.75, 3.05) is 5.73 Å². The van der Waals surface area contributed by atoms with Gasteiger partial charge in [0.2, 0.25) is 0 Å². The molecule has 0 aliphatic rings. The summed E-state index contributed by atoms with van der Waals surface area (Å²) >= 11 is 0. The third-order valence-corrected chi connectivity index (χ3v) is 3.78. The molecule has 4 nitrogen and oxygen atoms in total. The van der Waals surface area contributed by atoms with Crippen LogP contribution < -0.4 is 5.73 Å². The lowest BCUT2D eigenvalue weighted by molar-refractivity contribution is 0.922. The number of aryl methyl sites for hydroxylation is 1. The maximum Gasteiger partial charge on any atom is 0.138 e. The number of hydrogen-bond acceptors (Lipinski definition) is 3. The second kappa shape index (κ2) is 6.65. The summed E-state index contributed by atoms with van der Waals surface area (Å²) < 4.78 is 0. The normalized spacial score (nSPS) is 11.6. The molecule has 3 N–H and O–H groups in total. The molecular formula is C19H22N4. The lowest BCUT2D eigenvalue weighted by Crippen LogP contribution is -1.86. The van der Waals surface area contributed by atoms with Gasteiger partial charge in [0.1, 0.15) is 5.82 Å². The van der Waals surface area contributed by atoms with Crippen LogP contribution in [0.4, 0.5) is 11.4 Å². The number of nitrogens with zero attached hydrogens (tertiary/aromatic N) is 2. The molecule has 0 bridgehead atoms. The average molecular weight is 306 g/mol. The van der Waals surface area contributed by atoms with Crippen molar-refractivity contribution >= 4 is 28.6 Å². The Hall–Kier alpha value is -2.62. The van der Waals surface area contributed by atoms with Crippen molar-refractivity contribution < 1.29 is 0 Å². The van der Waals surface area contributed by atoms with E-state index in [0.29, 0.717) is 5.69 Å². The topological polar surface area (TPSA) is 67.1 Å². The van der Waals surface area contributed by atoms with Crippen LogP contribution in [0.3, 0.4) is 0 Å². The standard InChI is InChI=1S/C19H22N4/c1-3-6-13-7-5-8-14(10-13)19-22-17-11-15(20)16(21-9-4-2)12-18(17)23-19/h5,7-12H,3-4,6,20H2,1-2H3,(H,22,23)/b21-9+. The van der Waals surface area contributed by atoms with Gasteiger partial charge in [0.25, 0.3) is 0 Å². The Morgan fingerprint density at radius 2 is 2.09 bits per heavy atom. The van der Waals surface area contributed by atoms with Crippen molar-refractivity contribution in [2.24, 2.45) is 4.99 Å². The molecule has 2 aromatic carbocycles. The molecule has 1 heterocycles. The highest BCUT2D eigenvalue weighted by molar-refractivity contribution is 5.88. The van der Waals surface area contributed by atoms with Crippen LogP contribution in [0.2, 0.25) is 0 Å². The van der Waals surface area contributed by atoms with Crippen LogP contribution in [0.25, 0.3) is 22.4 Å². The minimum Gasteiger partial charge on any atom is -0.397 e. The fourth-order valence-electron chi connectivity index (χ4n) is 2.66. The minimum atomic E-state index is 0.653. The zero-order chi connectivity index (χ0) is 16.2. The molecule has 4 heteroatoms. The molecule has 3 rings (SSSR count). The maximum absolute atomic E-state index is 6.07. The molecule has 0 saturated heterocycles. The molecule has 0 fully saturated rings. The SMILES string of the molecule is CC/C=N/c1cc2[nH]c(-c3cccc(CCC)c3)nc2cc1N. The van der Waals surface area contributed by atoms with Crippen LogP contribution in [0, 0.1) is 0 Å². The third kappa shape index (κ3) is 3.26. The molecule has 0 aliphatic carbocycles. The van der Waals surface area contributed by atoms with E-state index in [1.54, 1.807) is 0 Å². The highest BCUT2D eigenvalue weighted by Crippen LogP contribution is 2.29. The van der Waals surface area contributed by atoms with Crippen LogP contribution >= 0.6 is 0 Å². The van der Waals surface area contributed by atoms with E-state index in [-0.39, 0.29) is 0 Å². The summed E-state index contributed by atoms with van der Waals surface area (Å²) in [5.41, 5.74) is 11.8. The van der Waals surface area contributed by atoms with E-state index in [0.717, 1.165) is 47.4 Å². The Morgan fingerprint density at radius 1 is 1.22 bits per heavy atom. The largest absolute Gasteiger partial charge is 0.397 e. The Kier molecular flexibility index (Phi) is 4.42. The number of aliphatic imine (C=N–C) groups is 1. The number of benzene rings is 2. The quantitative estimate of drug-likeness (QED) is 0.521. The number of hydrogen-bond donors (Lipinski definition) is 2. The van der Waals surface area contributed by atoms with Crippen molar-refractivity contribution in [1.29, 1.82) is 0 Å². The van der Waals surface area contributed by atoms with Crippen LogP contribution in [-0.2, 0) is 6.42 Å². The van der Waals surface area contributed by atoms with Crippen LogP contribution in [-0.4, -0.2) is 16.2 Å². The number of anilines is 1. The van der Waals surface area contributed by atoms with Crippen molar-refractivity contribution in [3.8, 4) is 11.4 Å². The van der Waals surface area contributed by atoms with Gasteiger partial charge in [-0.25, -0.2) is 4.98 Å². The molecular weight excluding hydrogens is 284 g/mol. The fourth-order valence-corrected chi connectivity index (χ4v) is 2.66. The van der Waals surface area contributed by atoms with E-state index in [1.165, 1.54) is 5.56 Å². The number of imidazole rings is 1. The first-order valence-electron chi connectivity index (χ1n) is 8.12. The monoisotopic (exact) mass is 306 g/mol. The zero-order valence-corrected chi connectivity index (χ0v) is 13.6. The van der Waals surface area contributed by atoms with E-state index in [9.17, 15) is 0 Å². The Balaban J connectivity index is 2.03. The van der Waals surface area contributed by atoms with Gasteiger partial charge in [0, 0.05) is 11.8 Å². The molecule has 0 aliphatic heterocycles. The van der Waals surface area contributed by atoms with Gasteiger partial charge < -0.3 is 10.7 Å². The molecule has 1 aromatic heterocycles. The Labute approximate surface area is 136 Å². The van der Waals surface area contributed by atoms with Crippen molar-refractivity contribution in [3.05, 3.63) is 42.0 Å². The second-order valence-electron chi connectivity index (χ2n) is 5.68. The number of aromatic amines is 1. The Bertz CT molecular complexity index is 846. The van der Waals surface area contributed by atoms with Crippen LogP contribution in [0.5, 0.6) is 0 Å². The third-order valence-electron chi connectivity index (χ3n) is 3.78. The van der Waals surface area contributed by atoms with E-state index in [1.807, 2.05) is 18.3 Å². The minimum absolute atomic E-state index is 0.653. The summed E-state index contributed by atoms with van der Waals surface area (Å²) in [7, 11) is 0.